The summed E-state index contributed by atoms with van der Waals surface area (Å²) in [4.78, 5) is 16.4. The van der Waals surface area contributed by atoms with Crippen molar-refractivity contribution in [1.82, 2.24) is 19.8 Å². The number of hydrogen-bond donors (Lipinski definition) is 0. The Morgan fingerprint density at radius 3 is 2.76 bits per heavy atom. The third-order valence-electron chi connectivity index (χ3n) is 5.08. The average molecular weight is 341 g/mol. The lowest BCUT2D eigenvalue weighted by Crippen LogP contribution is -2.45. The highest BCUT2D eigenvalue weighted by Crippen LogP contribution is 2.21. The molecule has 0 spiro atoms. The van der Waals surface area contributed by atoms with Crippen LogP contribution in [0.2, 0.25) is 0 Å². The zero-order valence-electron chi connectivity index (χ0n) is 14.7. The molecule has 5 nitrogen and oxygen atoms in total. The summed E-state index contributed by atoms with van der Waals surface area (Å²) in [7, 11) is 2.15. The molecule has 1 saturated heterocycles. The number of aromatic nitrogens is 2. The molecule has 1 aromatic heterocycles. The second kappa shape index (κ2) is 7.06. The van der Waals surface area contributed by atoms with E-state index in [0.717, 1.165) is 63.7 Å². The first-order valence-corrected chi connectivity index (χ1v) is 8.92. The van der Waals surface area contributed by atoms with Crippen molar-refractivity contribution in [1.29, 1.82) is 0 Å². The van der Waals surface area contributed by atoms with Gasteiger partial charge in [-0.3, -0.25) is 4.90 Å². The van der Waals surface area contributed by atoms with Gasteiger partial charge in [0.05, 0.1) is 5.69 Å². The summed E-state index contributed by atoms with van der Waals surface area (Å²) in [6.45, 7) is 6.63. The van der Waals surface area contributed by atoms with E-state index in [4.69, 9.17) is 4.98 Å². The van der Waals surface area contributed by atoms with E-state index in [0.29, 0.717) is 0 Å². The van der Waals surface area contributed by atoms with Gasteiger partial charge in [0.1, 0.15) is 5.82 Å². The topological polar surface area (TPSA) is 35.5 Å². The smallest absolute Gasteiger partial charge is 0.225 e. The fourth-order valence-electron chi connectivity index (χ4n) is 3.55. The first kappa shape index (κ1) is 16.4. The highest BCUT2D eigenvalue weighted by Gasteiger charge is 2.21. The molecule has 0 amide bonds. The Labute approximate surface area is 148 Å². The summed E-state index contributed by atoms with van der Waals surface area (Å²) in [6.07, 6.45) is 2.90. The first-order valence-electron chi connectivity index (χ1n) is 8.92. The molecule has 0 saturated carbocycles. The molecule has 0 aliphatic carbocycles. The summed E-state index contributed by atoms with van der Waals surface area (Å²) in [6, 6.07) is 6.85. The molecule has 1 aromatic carbocycles. The van der Waals surface area contributed by atoms with Crippen molar-refractivity contribution in [3.8, 4) is 0 Å². The van der Waals surface area contributed by atoms with Crippen LogP contribution >= 0.6 is 0 Å². The number of piperazine rings is 1. The molecule has 132 valence electrons. The van der Waals surface area contributed by atoms with Crippen LogP contribution in [-0.4, -0.2) is 59.5 Å². The van der Waals surface area contributed by atoms with E-state index >= 15 is 0 Å². The minimum atomic E-state index is -0.171. The van der Waals surface area contributed by atoms with Crippen LogP contribution in [0.4, 0.5) is 10.3 Å². The zero-order valence-corrected chi connectivity index (χ0v) is 14.7. The molecule has 2 aliphatic rings. The molecule has 25 heavy (non-hydrogen) atoms. The van der Waals surface area contributed by atoms with Crippen LogP contribution < -0.4 is 4.90 Å². The summed E-state index contributed by atoms with van der Waals surface area (Å²) >= 11 is 0. The van der Waals surface area contributed by atoms with Crippen molar-refractivity contribution in [2.24, 2.45) is 0 Å². The maximum atomic E-state index is 13.4. The standard InChI is InChI=1S/C19H24FN5/c1-23-7-9-25(10-8-23)19-21-12-16-14-24(6-5-18(16)22-19)13-15-3-2-4-17(20)11-15/h2-4,11-12H,5-10,13-14H2,1H3. The number of benzene rings is 1. The third kappa shape index (κ3) is 3.80. The molecule has 2 aromatic rings. The van der Waals surface area contributed by atoms with Crippen molar-refractivity contribution < 1.29 is 4.39 Å². The second-order valence-corrected chi connectivity index (χ2v) is 7.02. The van der Waals surface area contributed by atoms with E-state index < -0.39 is 0 Å². The maximum absolute atomic E-state index is 13.4. The largest absolute Gasteiger partial charge is 0.338 e. The number of halogens is 1. The molecule has 4 rings (SSSR count). The number of likely N-dealkylation sites (N-methyl/N-ethyl adjacent to an activating group) is 1. The highest BCUT2D eigenvalue weighted by atomic mass is 19.1. The van der Waals surface area contributed by atoms with E-state index in [1.54, 1.807) is 12.1 Å². The number of rotatable bonds is 3. The van der Waals surface area contributed by atoms with Gasteiger partial charge in [-0.05, 0) is 24.7 Å². The Balaban J connectivity index is 1.43. The Bertz CT molecular complexity index is 742. The number of hydrogen-bond acceptors (Lipinski definition) is 5. The fourth-order valence-corrected chi connectivity index (χ4v) is 3.55. The lowest BCUT2D eigenvalue weighted by atomic mass is 10.1. The summed E-state index contributed by atoms with van der Waals surface area (Å²) in [5.74, 6) is 0.695. The van der Waals surface area contributed by atoms with E-state index in [1.165, 1.54) is 17.3 Å². The van der Waals surface area contributed by atoms with Crippen molar-refractivity contribution in [3.63, 3.8) is 0 Å². The molecule has 0 unspecified atom stereocenters. The lowest BCUT2D eigenvalue weighted by molar-refractivity contribution is 0.242. The summed E-state index contributed by atoms with van der Waals surface area (Å²) in [5.41, 5.74) is 3.37. The quantitative estimate of drug-likeness (QED) is 0.852. The van der Waals surface area contributed by atoms with E-state index in [9.17, 15) is 4.39 Å². The molecule has 0 atom stereocenters. The Kier molecular flexibility index (Phi) is 4.63. The number of fused-ring (bicyclic) bond motifs is 1. The molecule has 6 heteroatoms. The summed E-state index contributed by atoms with van der Waals surface area (Å²) in [5, 5.41) is 0. The van der Waals surface area contributed by atoms with Crippen LogP contribution in [-0.2, 0) is 19.5 Å². The van der Waals surface area contributed by atoms with E-state index in [-0.39, 0.29) is 5.82 Å². The number of nitrogens with zero attached hydrogens (tertiary/aromatic N) is 5. The normalized spacial score (nSPS) is 19.0. The molecule has 0 radical (unpaired) electrons. The van der Waals surface area contributed by atoms with Gasteiger partial charge in [0.15, 0.2) is 0 Å². The van der Waals surface area contributed by atoms with Crippen LogP contribution in [0.15, 0.2) is 30.5 Å². The van der Waals surface area contributed by atoms with Gasteiger partial charge in [-0.1, -0.05) is 12.1 Å². The van der Waals surface area contributed by atoms with Gasteiger partial charge in [0.2, 0.25) is 5.95 Å². The van der Waals surface area contributed by atoms with Crippen molar-refractivity contribution in [2.75, 3.05) is 44.7 Å². The van der Waals surface area contributed by atoms with Gasteiger partial charge < -0.3 is 9.80 Å². The van der Waals surface area contributed by atoms with Gasteiger partial charge in [-0.15, -0.1) is 0 Å². The van der Waals surface area contributed by atoms with Crippen LogP contribution in [0.3, 0.4) is 0 Å². The predicted octanol–water partition coefficient (Wildman–Crippen LogP) is 1.93. The number of anilines is 1. The molecule has 0 N–H and O–H groups in total. The molecular formula is C19H24FN5. The van der Waals surface area contributed by atoms with E-state index in [1.807, 2.05) is 12.3 Å². The average Bonchev–Trinajstić information content (AvgIpc) is 2.62. The zero-order chi connectivity index (χ0) is 17.2. The van der Waals surface area contributed by atoms with Gasteiger partial charge in [0.25, 0.3) is 0 Å². The SMILES string of the molecule is CN1CCN(c2ncc3c(n2)CCN(Cc2cccc(F)c2)C3)CC1. The Morgan fingerprint density at radius 1 is 1.12 bits per heavy atom. The van der Waals surface area contributed by atoms with Crippen molar-refractivity contribution >= 4 is 5.95 Å². The molecule has 2 aliphatic heterocycles. The maximum Gasteiger partial charge on any atom is 0.225 e. The summed E-state index contributed by atoms with van der Waals surface area (Å²) < 4.78 is 13.4. The minimum absolute atomic E-state index is 0.171. The first-order chi connectivity index (χ1) is 12.2. The van der Waals surface area contributed by atoms with Gasteiger partial charge >= 0.3 is 0 Å². The van der Waals surface area contributed by atoms with Crippen LogP contribution in [0.1, 0.15) is 16.8 Å². The van der Waals surface area contributed by atoms with Gasteiger partial charge in [-0.25, -0.2) is 14.4 Å². The van der Waals surface area contributed by atoms with Crippen molar-refractivity contribution in [2.45, 2.75) is 19.5 Å². The van der Waals surface area contributed by atoms with Crippen LogP contribution in [0, 0.1) is 5.82 Å². The Morgan fingerprint density at radius 2 is 1.96 bits per heavy atom. The second-order valence-electron chi connectivity index (χ2n) is 7.02. The van der Waals surface area contributed by atoms with Gasteiger partial charge in [0, 0.05) is 64.0 Å². The van der Waals surface area contributed by atoms with Crippen molar-refractivity contribution in [3.05, 3.63) is 53.1 Å². The predicted molar refractivity (Wildman–Crippen MR) is 96.0 cm³/mol. The lowest BCUT2D eigenvalue weighted by Gasteiger charge is -2.33. The molecular weight excluding hydrogens is 317 g/mol. The monoisotopic (exact) mass is 341 g/mol. The van der Waals surface area contributed by atoms with Gasteiger partial charge in [-0.2, -0.15) is 0 Å². The molecule has 1 fully saturated rings. The molecule has 0 bridgehead atoms. The van der Waals surface area contributed by atoms with Crippen LogP contribution in [0.25, 0.3) is 0 Å². The Hall–Kier alpha value is -2.05. The highest BCUT2D eigenvalue weighted by molar-refractivity contribution is 5.35. The minimum Gasteiger partial charge on any atom is -0.338 e. The van der Waals surface area contributed by atoms with E-state index in [2.05, 4.69) is 26.7 Å². The molecule has 3 heterocycles. The fraction of sp³-hybridized carbons (Fsp3) is 0.474. The third-order valence-corrected chi connectivity index (χ3v) is 5.08. The van der Waals surface area contributed by atoms with Crippen LogP contribution in [0.5, 0.6) is 0 Å².